The quantitative estimate of drug-likeness (QED) is 0.224. The number of oxazole rings is 1. The van der Waals surface area contributed by atoms with Crippen molar-refractivity contribution >= 4 is 43.7 Å². The molecule has 41 heavy (non-hydrogen) atoms. The van der Waals surface area contributed by atoms with Crippen LogP contribution in [0.3, 0.4) is 0 Å². The van der Waals surface area contributed by atoms with Crippen molar-refractivity contribution in [1.82, 2.24) is 9.55 Å². The molecule has 3 heteroatoms. The van der Waals surface area contributed by atoms with Crippen molar-refractivity contribution in [2.75, 3.05) is 0 Å². The Morgan fingerprint density at radius 1 is 0.659 bits per heavy atom. The zero-order valence-electron chi connectivity index (χ0n) is 22.8. The number of nitrogens with zero attached hydrogens (tertiary/aromatic N) is 2. The maximum atomic E-state index is 6.05. The molecule has 0 unspecified atom stereocenters. The smallest absolute Gasteiger partial charge is 0.227 e. The lowest BCUT2D eigenvalue weighted by atomic mass is 9.68. The summed E-state index contributed by atoms with van der Waals surface area (Å²) in [6, 6.07) is 43.4. The molecule has 0 saturated carbocycles. The fraction of sp³-hybridized carbons (Fsp3) is 0.0789. The molecule has 0 atom stereocenters. The van der Waals surface area contributed by atoms with Crippen molar-refractivity contribution in [2.45, 2.75) is 19.3 Å². The molecule has 2 heterocycles. The van der Waals surface area contributed by atoms with E-state index in [2.05, 4.69) is 115 Å². The average Bonchev–Trinajstić information content (AvgIpc) is 3.59. The summed E-state index contributed by atoms with van der Waals surface area (Å²) < 4.78 is 8.46. The van der Waals surface area contributed by atoms with Crippen LogP contribution >= 0.6 is 0 Å². The van der Waals surface area contributed by atoms with Crippen LogP contribution in [0.4, 0.5) is 0 Å². The molecule has 0 radical (unpaired) electrons. The van der Waals surface area contributed by atoms with Gasteiger partial charge in [0, 0.05) is 33.0 Å². The van der Waals surface area contributed by atoms with Gasteiger partial charge in [-0.3, -0.25) is 0 Å². The SMILES string of the molecule is CC1(C)c2ccccc2-c2c3c1cccc3cc1c2c2ccccc2n1-c1ccc(-c2nc3ccccc3o2)cc1. The average molecular weight is 527 g/mol. The number of benzene rings is 6. The van der Waals surface area contributed by atoms with Crippen LogP contribution in [0.15, 0.2) is 126 Å². The number of para-hydroxylation sites is 3. The number of hydrogen-bond donors (Lipinski definition) is 0. The lowest BCUT2D eigenvalue weighted by Gasteiger charge is -2.35. The van der Waals surface area contributed by atoms with Gasteiger partial charge in [0.15, 0.2) is 5.58 Å². The Bertz CT molecular complexity index is 2300. The van der Waals surface area contributed by atoms with Gasteiger partial charge in [-0.25, -0.2) is 4.98 Å². The predicted molar refractivity (Wildman–Crippen MR) is 169 cm³/mol. The fourth-order valence-electron chi connectivity index (χ4n) is 7.11. The minimum atomic E-state index is -0.0737. The first-order chi connectivity index (χ1) is 20.1. The molecule has 0 fully saturated rings. The Balaban J connectivity index is 1.35. The summed E-state index contributed by atoms with van der Waals surface area (Å²) in [5, 5.41) is 5.23. The topological polar surface area (TPSA) is 31.0 Å². The van der Waals surface area contributed by atoms with Crippen molar-refractivity contribution in [3.8, 4) is 28.3 Å². The molecule has 6 aromatic carbocycles. The molecule has 0 N–H and O–H groups in total. The van der Waals surface area contributed by atoms with Crippen molar-refractivity contribution in [2.24, 2.45) is 0 Å². The van der Waals surface area contributed by atoms with Gasteiger partial charge in [0.25, 0.3) is 0 Å². The van der Waals surface area contributed by atoms with E-state index in [0.717, 1.165) is 22.4 Å². The lowest BCUT2D eigenvalue weighted by molar-refractivity contribution is 0.620. The summed E-state index contributed by atoms with van der Waals surface area (Å²) in [7, 11) is 0. The molecule has 8 aromatic rings. The normalized spacial score (nSPS) is 13.8. The third-order valence-corrected chi connectivity index (χ3v) is 9.01. The molecule has 0 bridgehead atoms. The van der Waals surface area contributed by atoms with Gasteiger partial charge in [-0.05, 0) is 76.0 Å². The van der Waals surface area contributed by atoms with Gasteiger partial charge in [-0.1, -0.05) is 86.6 Å². The van der Waals surface area contributed by atoms with E-state index in [1.807, 2.05) is 24.3 Å². The van der Waals surface area contributed by atoms with E-state index in [1.54, 1.807) is 0 Å². The maximum Gasteiger partial charge on any atom is 0.227 e. The first-order valence-corrected chi connectivity index (χ1v) is 14.2. The third kappa shape index (κ3) is 3.01. The molecule has 1 aliphatic carbocycles. The maximum absolute atomic E-state index is 6.05. The molecular weight excluding hydrogens is 500 g/mol. The molecular formula is C38H26N2O. The second kappa shape index (κ2) is 7.96. The molecule has 0 spiro atoms. The van der Waals surface area contributed by atoms with Crippen molar-refractivity contribution < 1.29 is 4.42 Å². The van der Waals surface area contributed by atoms with Gasteiger partial charge < -0.3 is 8.98 Å². The predicted octanol–water partition coefficient (Wildman–Crippen LogP) is 10.1. The molecule has 194 valence electrons. The fourth-order valence-corrected chi connectivity index (χ4v) is 7.11. The van der Waals surface area contributed by atoms with Crippen molar-refractivity contribution in [3.05, 3.63) is 132 Å². The zero-order valence-corrected chi connectivity index (χ0v) is 22.8. The van der Waals surface area contributed by atoms with E-state index in [0.29, 0.717) is 5.89 Å². The minimum absolute atomic E-state index is 0.0737. The number of aromatic nitrogens is 2. The Morgan fingerprint density at radius 2 is 1.41 bits per heavy atom. The van der Waals surface area contributed by atoms with Gasteiger partial charge in [-0.15, -0.1) is 0 Å². The summed E-state index contributed by atoms with van der Waals surface area (Å²) in [4.78, 5) is 4.71. The van der Waals surface area contributed by atoms with E-state index in [-0.39, 0.29) is 5.41 Å². The van der Waals surface area contributed by atoms with Gasteiger partial charge in [-0.2, -0.15) is 0 Å². The number of hydrogen-bond acceptors (Lipinski definition) is 2. The standard InChI is InChI=1S/C38H26N2O/c1-38(2)28-13-5-3-11-26(28)36-34-24(10-9-14-29(34)38)22-32-35(36)27-12-4-7-16-31(27)40(32)25-20-18-23(19-21-25)37-39-30-15-6-8-17-33(30)41-37/h3-22H,1-2H3. The highest BCUT2D eigenvalue weighted by Crippen LogP contribution is 2.52. The minimum Gasteiger partial charge on any atom is -0.436 e. The first kappa shape index (κ1) is 22.6. The molecule has 9 rings (SSSR count). The van der Waals surface area contributed by atoms with Gasteiger partial charge >= 0.3 is 0 Å². The van der Waals surface area contributed by atoms with Crippen LogP contribution in [0.25, 0.3) is 71.9 Å². The summed E-state index contributed by atoms with van der Waals surface area (Å²) in [6.07, 6.45) is 0. The second-order valence-electron chi connectivity index (χ2n) is 11.6. The molecule has 3 nitrogen and oxygen atoms in total. The number of rotatable bonds is 2. The van der Waals surface area contributed by atoms with E-state index in [9.17, 15) is 0 Å². The van der Waals surface area contributed by atoms with Gasteiger partial charge in [0.05, 0.1) is 11.0 Å². The zero-order chi connectivity index (χ0) is 27.3. The second-order valence-corrected chi connectivity index (χ2v) is 11.6. The van der Waals surface area contributed by atoms with Crippen LogP contribution in [0, 0.1) is 0 Å². The Kier molecular flexibility index (Phi) is 4.39. The Labute approximate surface area is 237 Å². The van der Waals surface area contributed by atoms with Crippen molar-refractivity contribution in [1.29, 1.82) is 0 Å². The highest BCUT2D eigenvalue weighted by atomic mass is 16.3. The molecule has 2 aromatic heterocycles. The molecule has 1 aliphatic rings. The Hall–Kier alpha value is -5.15. The van der Waals surface area contributed by atoms with Crippen LogP contribution < -0.4 is 0 Å². The largest absolute Gasteiger partial charge is 0.436 e. The van der Waals surface area contributed by atoms with E-state index in [4.69, 9.17) is 9.40 Å². The van der Waals surface area contributed by atoms with E-state index in [1.165, 1.54) is 54.8 Å². The van der Waals surface area contributed by atoms with Crippen LogP contribution in [0.2, 0.25) is 0 Å². The summed E-state index contributed by atoms with van der Waals surface area (Å²) in [5.41, 5.74) is 11.6. The van der Waals surface area contributed by atoms with Crippen LogP contribution in [0.5, 0.6) is 0 Å². The lowest BCUT2D eigenvalue weighted by Crippen LogP contribution is -2.23. The summed E-state index contributed by atoms with van der Waals surface area (Å²) in [6.45, 7) is 4.71. The first-order valence-electron chi connectivity index (χ1n) is 14.2. The summed E-state index contributed by atoms with van der Waals surface area (Å²) in [5.74, 6) is 0.641. The third-order valence-electron chi connectivity index (χ3n) is 9.01. The monoisotopic (exact) mass is 526 g/mol. The van der Waals surface area contributed by atoms with Crippen LogP contribution in [0.1, 0.15) is 25.0 Å². The Morgan fingerprint density at radius 3 is 2.29 bits per heavy atom. The molecule has 0 amide bonds. The van der Waals surface area contributed by atoms with Crippen molar-refractivity contribution in [3.63, 3.8) is 0 Å². The van der Waals surface area contributed by atoms with E-state index >= 15 is 0 Å². The van der Waals surface area contributed by atoms with Gasteiger partial charge in [0.2, 0.25) is 5.89 Å². The van der Waals surface area contributed by atoms with E-state index < -0.39 is 0 Å². The van der Waals surface area contributed by atoms with Crippen LogP contribution in [-0.2, 0) is 5.41 Å². The van der Waals surface area contributed by atoms with Gasteiger partial charge in [0.1, 0.15) is 5.52 Å². The highest BCUT2D eigenvalue weighted by Gasteiger charge is 2.35. The van der Waals surface area contributed by atoms with Crippen LogP contribution in [-0.4, -0.2) is 9.55 Å². The molecule has 0 aliphatic heterocycles. The summed E-state index contributed by atoms with van der Waals surface area (Å²) >= 11 is 0. The highest BCUT2D eigenvalue weighted by molar-refractivity contribution is 6.24. The number of fused-ring (bicyclic) bond motifs is 7. The molecule has 0 saturated heterocycles.